The lowest BCUT2D eigenvalue weighted by atomic mass is 9.86. The predicted octanol–water partition coefficient (Wildman–Crippen LogP) is 2.32. The van der Waals surface area contributed by atoms with E-state index in [1.54, 1.807) is 0 Å². The van der Waals surface area contributed by atoms with Gasteiger partial charge in [0.2, 0.25) is 5.91 Å². The molecule has 0 unspecified atom stereocenters. The molecule has 2 amide bonds. The quantitative estimate of drug-likeness (QED) is 0.822. The summed E-state index contributed by atoms with van der Waals surface area (Å²) in [6, 6.07) is 0. The highest BCUT2D eigenvalue weighted by Gasteiger charge is 2.27. The van der Waals surface area contributed by atoms with Crippen molar-refractivity contribution in [2.24, 2.45) is 11.7 Å². The average molecular weight is 401 g/mol. The first-order valence-corrected chi connectivity index (χ1v) is 10.3. The van der Waals surface area contributed by atoms with Gasteiger partial charge in [0.15, 0.2) is 0 Å². The molecule has 1 aliphatic carbocycles. The lowest BCUT2D eigenvalue weighted by molar-refractivity contribution is -0.133. The Morgan fingerprint density at radius 1 is 1.12 bits per heavy atom. The molecular formula is C18H29ClN4O2S. The normalized spacial score (nSPS) is 18.5. The number of carbonyl (C=O) groups is 2. The van der Waals surface area contributed by atoms with E-state index in [-0.39, 0.29) is 24.2 Å². The third-order valence-electron chi connectivity index (χ3n) is 5.24. The van der Waals surface area contributed by atoms with Crippen LogP contribution in [0, 0.1) is 5.92 Å². The molecule has 1 saturated heterocycles. The maximum atomic E-state index is 12.5. The summed E-state index contributed by atoms with van der Waals surface area (Å²) in [6.45, 7) is 3.01. The van der Waals surface area contributed by atoms with E-state index in [9.17, 15) is 9.59 Å². The number of nitrogens with zero attached hydrogens (tertiary/aromatic N) is 3. The van der Waals surface area contributed by atoms with Crippen molar-refractivity contribution in [1.82, 2.24) is 14.8 Å². The lowest BCUT2D eigenvalue weighted by Gasteiger charge is -2.35. The molecule has 1 aliphatic heterocycles. The van der Waals surface area contributed by atoms with Gasteiger partial charge in [0.25, 0.3) is 5.91 Å². The highest BCUT2D eigenvalue weighted by atomic mass is 35.5. The number of amides is 2. The second kappa shape index (κ2) is 10.2. The van der Waals surface area contributed by atoms with Gasteiger partial charge in [-0.15, -0.1) is 23.7 Å². The van der Waals surface area contributed by atoms with E-state index < -0.39 is 0 Å². The number of hydrogen-bond acceptors (Lipinski definition) is 5. The topological polar surface area (TPSA) is 79.5 Å². The molecule has 6 nitrogen and oxygen atoms in total. The Morgan fingerprint density at radius 2 is 1.77 bits per heavy atom. The zero-order valence-corrected chi connectivity index (χ0v) is 16.8. The average Bonchev–Trinajstić information content (AvgIpc) is 3.11. The fourth-order valence-electron chi connectivity index (χ4n) is 3.74. The fourth-order valence-corrected chi connectivity index (χ4v) is 4.52. The number of aromatic nitrogens is 1. The molecule has 0 aromatic carbocycles. The number of halogens is 1. The van der Waals surface area contributed by atoms with Crippen molar-refractivity contribution in [2.45, 2.75) is 44.9 Å². The first-order valence-electron chi connectivity index (χ1n) is 9.39. The molecule has 1 saturated carbocycles. The van der Waals surface area contributed by atoms with Crippen LogP contribution in [0.1, 0.15) is 54.0 Å². The zero-order valence-electron chi connectivity index (χ0n) is 15.2. The number of hydrogen-bond donors (Lipinski definition) is 1. The van der Waals surface area contributed by atoms with Gasteiger partial charge in [0, 0.05) is 44.4 Å². The summed E-state index contributed by atoms with van der Waals surface area (Å²) in [7, 11) is 0. The molecule has 0 bridgehead atoms. The van der Waals surface area contributed by atoms with Crippen molar-refractivity contribution in [3.63, 3.8) is 0 Å². The van der Waals surface area contributed by atoms with Crippen molar-refractivity contribution in [3.05, 3.63) is 16.1 Å². The van der Waals surface area contributed by atoms with E-state index in [4.69, 9.17) is 5.73 Å². The third kappa shape index (κ3) is 5.41. The minimum Gasteiger partial charge on any atom is -0.339 e. The molecule has 2 heterocycles. The summed E-state index contributed by atoms with van der Waals surface area (Å²) in [6.07, 6.45) is 7.62. The molecule has 0 spiro atoms. The molecule has 1 aromatic heterocycles. The molecule has 8 heteroatoms. The predicted molar refractivity (Wildman–Crippen MR) is 106 cm³/mol. The fraction of sp³-hybridized carbons (Fsp3) is 0.722. The van der Waals surface area contributed by atoms with E-state index in [1.807, 2.05) is 15.2 Å². The maximum Gasteiger partial charge on any atom is 0.273 e. The Bertz CT molecular complexity index is 596. The van der Waals surface area contributed by atoms with E-state index in [0.717, 1.165) is 5.01 Å². The van der Waals surface area contributed by atoms with Crippen LogP contribution in [0.4, 0.5) is 0 Å². The number of carbonyl (C=O) groups excluding carboxylic acids is 2. The van der Waals surface area contributed by atoms with Gasteiger partial charge in [0.05, 0.1) is 5.01 Å². The van der Waals surface area contributed by atoms with Crippen LogP contribution in [0.3, 0.4) is 0 Å². The molecule has 3 rings (SSSR count). The van der Waals surface area contributed by atoms with E-state index in [2.05, 4.69) is 4.98 Å². The summed E-state index contributed by atoms with van der Waals surface area (Å²) in [5, 5.41) is 2.72. The van der Waals surface area contributed by atoms with E-state index >= 15 is 0 Å². The maximum absolute atomic E-state index is 12.5. The lowest BCUT2D eigenvalue weighted by Crippen LogP contribution is -2.51. The molecular weight excluding hydrogens is 372 g/mol. The van der Waals surface area contributed by atoms with Crippen molar-refractivity contribution in [2.75, 3.05) is 32.7 Å². The van der Waals surface area contributed by atoms with Gasteiger partial charge >= 0.3 is 0 Å². The Labute approximate surface area is 165 Å². The molecule has 2 aliphatic rings. The SMILES string of the molecule is Cl.NCCc1nc(C(=O)N2CCN(C(=O)CC3CCCCC3)CC2)cs1. The Morgan fingerprint density at radius 3 is 2.42 bits per heavy atom. The summed E-state index contributed by atoms with van der Waals surface area (Å²) in [4.78, 5) is 33.1. The molecule has 2 fully saturated rings. The minimum atomic E-state index is -0.0288. The number of rotatable bonds is 5. The van der Waals surface area contributed by atoms with Crippen LogP contribution >= 0.6 is 23.7 Å². The first kappa shape index (κ1) is 21.1. The van der Waals surface area contributed by atoms with Gasteiger partial charge in [-0.2, -0.15) is 0 Å². The van der Waals surface area contributed by atoms with Crippen LogP contribution in [0.15, 0.2) is 5.38 Å². The van der Waals surface area contributed by atoms with Crippen LogP contribution in [0.2, 0.25) is 0 Å². The second-order valence-electron chi connectivity index (χ2n) is 7.05. The third-order valence-corrected chi connectivity index (χ3v) is 6.15. The van der Waals surface area contributed by atoms with Gasteiger partial charge in [-0.05, 0) is 25.3 Å². The minimum absolute atomic E-state index is 0. The summed E-state index contributed by atoms with van der Waals surface area (Å²) in [5.41, 5.74) is 6.04. The van der Waals surface area contributed by atoms with Gasteiger partial charge < -0.3 is 15.5 Å². The molecule has 1 aromatic rings. The van der Waals surface area contributed by atoms with Crippen LogP contribution < -0.4 is 5.73 Å². The number of thiazole rings is 1. The summed E-state index contributed by atoms with van der Waals surface area (Å²) >= 11 is 1.49. The monoisotopic (exact) mass is 400 g/mol. The van der Waals surface area contributed by atoms with Crippen molar-refractivity contribution >= 4 is 35.6 Å². The van der Waals surface area contributed by atoms with Crippen LogP contribution in [0.5, 0.6) is 0 Å². The molecule has 0 atom stereocenters. The Balaban J connectivity index is 0.00000243. The van der Waals surface area contributed by atoms with Crippen molar-refractivity contribution in [3.8, 4) is 0 Å². The van der Waals surface area contributed by atoms with E-state index in [0.29, 0.717) is 57.2 Å². The largest absolute Gasteiger partial charge is 0.339 e. The zero-order chi connectivity index (χ0) is 17.6. The van der Waals surface area contributed by atoms with Crippen LogP contribution in [0.25, 0.3) is 0 Å². The van der Waals surface area contributed by atoms with Gasteiger partial charge in [-0.1, -0.05) is 19.3 Å². The van der Waals surface area contributed by atoms with Gasteiger partial charge in [-0.3, -0.25) is 9.59 Å². The van der Waals surface area contributed by atoms with Crippen LogP contribution in [-0.2, 0) is 11.2 Å². The van der Waals surface area contributed by atoms with E-state index in [1.165, 1.54) is 43.4 Å². The molecule has 26 heavy (non-hydrogen) atoms. The van der Waals surface area contributed by atoms with Gasteiger partial charge in [-0.25, -0.2) is 4.98 Å². The van der Waals surface area contributed by atoms with Crippen molar-refractivity contribution in [1.29, 1.82) is 0 Å². The van der Waals surface area contributed by atoms with Crippen molar-refractivity contribution < 1.29 is 9.59 Å². The van der Waals surface area contributed by atoms with Crippen LogP contribution in [-0.4, -0.2) is 59.3 Å². The molecule has 2 N–H and O–H groups in total. The Kier molecular flexibility index (Phi) is 8.31. The molecule has 0 radical (unpaired) electrons. The smallest absolute Gasteiger partial charge is 0.273 e. The van der Waals surface area contributed by atoms with Gasteiger partial charge in [0.1, 0.15) is 5.69 Å². The second-order valence-corrected chi connectivity index (χ2v) is 7.99. The number of piperazine rings is 1. The summed E-state index contributed by atoms with van der Waals surface area (Å²) in [5.74, 6) is 0.800. The highest BCUT2D eigenvalue weighted by molar-refractivity contribution is 7.09. The Hall–Kier alpha value is -1.18. The summed E-state index contributed by atoms with van der Waals surface area (Å²) < 4.78 is 0. The number of nitrogens with two attached hydrogens (primary N) is 1. The first-order chi connectivity index (χ1) is 12.2. The highest BCUT2D eigenvalue weighted by Crippen LogP contribution is 2.27. The molecule has 146 valence electrons. The standard InChI is InChI=1S/C18H28N4O2S.ClH/c19-7-6-16-20-15(13-25-16)18(24)22-10-8-21(9-11-22)17(23)12-14-4-2-1-3-5-14;/h13-14H,1-12,19H2;1H.